The lowest BCUT2D eigenvalue weighted by molar-refractivity contribution is 0.407. The second-order valence-corrected chi connectivity index (χ2v) is 7.23. The van der Waals surface area contributed by atoms with Crippen LogP contribution in [0.25, 0.3) is 0 Å². The molecule has 1 unspecified atom stereocenters. The van der Waals surface area contributed by atoms with E-state index in [1.807, 2.05) is 0 Å². The molecule has 19 heavy (non-hydrogen) atoms. The van der Waals surface area contributed by atoms with Crippen LogP contribution in [-0.2, 0) is 10.0 Å². The van der Waals surface area contributed by atoms with Crippen LogP contribution in [0.1, 0.15) is 32.6 Å². The van der Waals surface area contributed by atoms with Crippen molar-refractivity contribution in [3.63, 3.8) is 0 Å². The molecule has 0 N–H and O–H groups in total. The standard InChI is InChI=1S/C13H19ClN2O2S/c1-2-11-4-3-8-16(9-6-11)19(17,18)13-10-15-7-5-12(13)14/h5,7,10-11H,2-4,6,8-9H2,1H3. The van der Waals surface area contributed by atoms with Gasteiger partial charge >= 0.3 is 0 Å². The first-order valence-electron chi connectivity index (χ1n) is 6.65. The molecule has 0 aliphatic carbocycles. The van der Waals surface area contributed by atoms with Crippen molar-refractivity contribution in [1.82, 2.24) is 9.29 Å². The summed E-state index contributed by atoms with van der Waals surface area (Å²) < 4.78 is 26.7. The van der Waals surface area contributed by atoms with E-state index in [-0.39, 0.29) is 9.92 Å². The summed E-state index contributed by atoms with van der Waals surface area (Å²) in [5, 5.41) is 0.242. The number of hydrogen-bond donors (Lipinski definition) is 0. The van der Waals surface area contributed by atoms with E-state index in [0.29, 0.717) is 19.0 Å². The molecule has 2 rings (SSSR count). The first kappa shape index (κ1) is 14.8. The Bertz CT molecular complexity index is 533. The third-order valence-corrected chi connectivity index (χ3v) is 6.10. The van der Waals surface area contributed by atoms with Crippen molar-refractivity contribution in [2.75, 3.05) is 13.1 Å². The number of sulfonamides is 1. The van der Waals surface area contributed by atoms with Gasteiger partial charge < -0.3 is 0 Å². The minimum absolute atomic E-state index is 0.117. The number of halogens is 1. The maximum atomic E-state index is 12.6. The minimum Gasteiger partial charge on any atom is -0.263 e. The Morgan fingerprint density at radius 3 is 2.89 bits per heavy atom. The maximum Gasteiger partial charge on any atom is 0.246 e. The van der Waals surface area contributed by atoms with Crippen molar-refractivity contribution >= 4 is 21.6 Å². The molecule has 0 spiro atoms. The first-order chi connectivity index (χ1) is 9.05. The summed E-state index contributed by atoms with van der Waals surface area (Å²) in [7, 11) is -3.51. The normalized spacial score (nSPS) is 22.1. The third-order valence-electron chi connectivity index (χ3n) is 3.74. The number of rotatable bonds is 3. The minimum atomic E-state index is -3.51. The molecule has 1 aliphatic heterocycles. The fourth-order valence-electron chi connectivity index (χ4n) is 2.48. The largest absolute Gasteiger partial charge is 0.263 e. The van der Waals surface area contributed by atoms with Gasteiger partial charge in [-0.3, -0.25) is 4.98 Å². The van der Waals surface area contributed by atoms with Gasteiger partial charge in [0.15, 0.2) is 0 Å². The highest BCUT2D eigenvalue weighted by molar-refractivity contribution is 7.89. The van der Waals surface area contributed by atoms with Crippen LogP contribution in [0.3, 0.4) is 0 Å². The fourth-order valence-corrected chi connectivity index (χ4v) is 4.38. The Balaban J connectivity index is 2.23. The molecule has 1 aliphatic rings. The van der Waals surface area contributed by atoms with E-state index >= 15 is 0 Å². The van der Waals surface area contributed by atoms with Crippen LogP contribution in [0.4, 0.5) is 0 Å². The van der Waals surface area contributed by atoms with Crippen LogP contribution < -0.4 is 0 Å². The molecule has 1 aromatic rings. The molecule has 2 heterocycles. The SMILES string of the molecule is CCC1CCCN(S(=O)(=O)c2cnccc2Cl)CC1. The number of hydrogen-bond acceptors (Lipinski definition) is 3. The van der Waals surface area contributed by atoms with Crippen LogP contribution in [-0.4, -0.2) is 30.8 Å². The van der Waals surface area contributed by atoms with Gasteiger partial charge in [-0.2, -0.15) is 4.31 Å². The first-order valence-corrected chi connectivity index (χ1v) is 8.47. The van der Waals surface area contributed by atoms with Gasteiger partial charge in [0.05, 0.1) is 5.02 Å². The molecule has 1 saturated heterocycles. The quantitative estimate of drug-likeness (QED) is 0.862. The lowest BCUT2D eigenvalue weighted by Gasteiger charge is -2.20. The Kier molecular flexibility index (Phi) is 4.81. The van der Waals surface area contributed by atoms with Gasteiger partial charge in [0, 0.05) is 25.5 Å². The highest BCUT2D eigenvalue weighted by Gasteiger charge is 2.28. The van der Waals surface area contributed by atoms with Crippen LogP contribution in [0.5, 0.6) is 0 Å². The fraction of sp³-hybridized carbons (Fsp3) is 0.615. The lowest BCUT2D eigenvalue weighted by Crippen LogP contribution is -2.32. The molecule has 0 saturated carbocycles. The maximum absolute atomic E-state index is 12.6. The van der Waals surface area contributed by atoms with E-state index < -0.39 is 10.0 Å². The van der Waals surface area contributed by atoms with Crippen molar-refractivity contribution in [1.29, 1.82) is 0 Å². The molecule has 0 aromatic carbocycles. The van der Waals surface area contributed by atoms with Gasteiger partial charge in [-0.1, -0.05) is 24.9 Å². The summed E-state index contributed by atoms with van der Waals surface area (Å²) >= 11 is 5.98. The lowest BCUT2D eigenvalue weighted by atomic mass is 9.98. The molecule has 1 fully saturated rings. The number of nitrogens with zero attached hydrogens (tertiary/aromatic N) is 2. The van der Waals surface area contributed by atoms with E-state index in [2.05, 4.69) is 11.9 Å². The molecule has 0 radical (unpaired) electrons. The molecular formula is C13H19ClN2O2S. The van der Waals surface area contributed by atoms with Gasteiger partial charge in [-0.15, -0.1) is 0 Å². The van der Waals surface area contributed by atoms with Crippen LogP contribution in [0.15, 0.2) is 23.4 Å². The average Bonchev–Trinajstić information content (AvgIpc) is 2.64. The van der Waals surface area contributed by atoms with Crippen LogP contribution in [0, 0.1) is 5.92 Å². The van der Waals surface area contributed by atoms with Crippen LogP contribution in [0.2, 0.25) is 5.02 Å². The van der Waals surface area contributed by atoms with Gasteiger partial charge in [-0.05, 0) is 31.2 Å². The molecule has 4 nitrogen and oxygen atoms in total. The Morgan fingerprint density at radius 2 is 2.21 bits per heavy atom. The summed E-state index contributed by atoms with van der Waals surface area (Å²) in [6.45, 7) is 3.31. The zero-order chi connectivity index (χ0) is 13.9. The Morgan fingerprint density at radius 1 is 1.42 bits per heavy atom. The molecule has 0 bridgehead atoms. The predicted octanol–water partition coefficient (Wildman–Crippen LogP) is 2.94. The topological polar surface area (TPSA) is 50.3 Å². The second-order valence-electron chi connectivity index (χ2n) is 4.92. The third kappa shape index (κ3) is 3.27. The monoisotopic (exact) mass is 302 g/mol. The van der Waals surface area contributed by atoms with Crippen LogP contribution >= 0.6 is 11.6 Å². The van der Waals surface area contributed by atoms with Gasteiger partial charge in [-0.25, -0.2) is 8.42 Å². The summed E-state index contributed by atoms with van der Waals surface area (Å²) in [6, 6.07) is 1.51. The summed E-state index contributed by atoms with van der Waals surface area (Å²) in [5.41, 5.74) is 0. The van der Waals surface area contributed by atoms with E-state index in [0.717, 1.165) is 25.7 Å². The van der Waals surface area contributed by atoms with Crippen molar-refractivity contribution in [2.24, 2.45) is 5.92 Å². The predicted molar refractivity (Wildman–Crippen MR) is 75.6 cm³/mol. The summed E-state index contributed by atoms with van der Waals surface area (Å²) in [4.78, 5) is 3.99. The molecule has 1 aromatic heterocycles. The van der Waals surface area contributed by atoms with Gasteiger partial charge in [0.25, 0.3) is 0 Å². The van der Waals surface area contributed by atoms with E-state index in [4.69, 9.17) is 11.6 Å². The highest BCUT2D eigenvalue weighted by Crippen LogP contribution is 2.27. The smallest absolute Gasteiger partial charge is 0.246 e. The highest BCUT2D eigenvalue weighted by atomic mass is 35.5. The zero-order valence-electron chi connectivity index (χ0n) is 11.0. The summed E-state index contributed by atoms with van der Waals surface area (Å²) in [5.74, 6) is 0.629. The Labute approximate surface area is 119 Å². The van der Waals surface area contributed by atoms with E-state index in [1.54, 1.807) is 4.31 Å². The molecule has 6 heteroatoms. The number of pyridine rings is 1. The average molecular weight is 303 g/mol. The van der Waals surface area contributed by atoms with E-state index in [9.17, 15) is 8.42 Å². The van der Waals surface area contributed by atoms with E-state index in [1.165, 1.54) is 18.5 Å². The molecule has 0 amide bonds. The van der Waals surface area contributed by atoms with Crippen molar-refractivity contribution < 1.29 is 8.42 Å². The zero-order valence-corrected chi connectivity index (χ0v) is 12.6. The number of aromatic nitrogens is 1. The molecule has 1 atom stereocenters. The second kappa shape index (κ2) is 6.20. The molecular weight excluding hydrogens is 284 g/mol. The molecule has 106 valence electrons. The van der Waals surface area contributed by atoms with Crippen molar-refractivity contribution in [2.45, 2.75) is 37.5 Å². The summed E-state index contributed by atoms with van der Waals surface area (Å²) in [6.07, 6.45) is 6.88. The van der Waals surface area contributed by atoms with Crippen molar-refractivity contribution in [3.8, 4) is 0 Å². The van der Waals surface area contributed by atoms with Crippen molar-refractivity contribution in [3.05, 3.63) is 23.5 Å². The van der Waals surface area contributed by atoms with Gasteiger partial charge in [0.1, 0.15) is 4.90 Å². The Hall–Kier alpha value is -0.650. The van der Waals surface area contributed by atoms with Gasteiger partial charge in [0.2, 0.25) is 10.0 Å².